The van der Waals surface area contributed by atoms with Crippen molar-refractivity contribution in [3.8, 4) is 0 Å². The maximum Gasteiger partial charge on any atom is 0.182 e. The first kappa shape index (κ1) is 8.18. The first-order chi connectivity index (χ1) is 6.71. The lowest BCUT2D eigenvalue weighted by atomic mass is 9.70. The summed E-state index contributed by atoms with van der Waals surface area (Å²) in [7, 11) is 0. The number of ether oxygens (including phenoxy) is 1. The molecule has 0 spiro atoms. The molecule has 1 saturated heterocycles. The Morgan fingerprint density at radius 3 is 3.29 bits per heavy atom. The molecule has 0 amide bonds. The summed E-state index contributed by atoms with van der Waals surface area (Å²) < 4.78 is 5.78. The van der Waals surface area contributed by atoms with E-state index < -0.39 is 0 Å². The fourth-order valence-corrected chi connectivity index (χ4v) is 2.72. The molecule has 3 aliphatic rings. The van der Waals surface area contributed by atoms with Crippen molar-refractivity contribution in [2.75, 3.05) is 6.61 Å². The van der Waals surface area contributed by atoms with E-state index in [0.717, 1.165) is 12.2 Å². The van der Waals surface area contributed by atoms with E-state index in [-0.39, 0.29) is 17.3 Å². The van der Waals surface area contributed by atoms with Gasteiger partial charge in [0.2, 0.25) is 0 Å². The van der Waals surface area contributed by atoms with Gasteiger partial charge in [-0.1, -0.05) is 18.2 Å². The van der Waals surface area contributed by atoms with Gasteiger partial charge in [0.25, 0.3) is 0 Å². The lowest BCUT2D eigenvalue weighted by Crippen LogP contribution is -2.38. The standard InChI is InChI=1S/C12H12O2/c1-12-6-5-10(13)9-4-2-3-8(7-14-12)11(9)12/h2-6,8,11H,7H2,1H3/t8-,11+,12-/m0/s1. The molecule has 1 fully saturated rings. The van der Waals surface area contributed by atoms with Crippen molar-refractivity contribution >= 4 is 5.78 Å². The van der Waals surface area contributed by atoms with E-state index >= 15 is 0 Å². The summed E-state index contributed by atoms with van der Waals surface area (Å²) in [6, 6.07) is 0. The zero-order valence-corrected chi connectivity index (χ0v) is 8.07. The third-order valence-corrected chi connectivity index (χ3v) is 3.45. The van der Waals surface area contributed by atoms with Gasteiger partial charge in [-0.25, -0.2) is 0 Å². The first-order valence-corrected chi connectivity index (χ1v) is 4.97. The molecule has 2 heteroatoms. The van der Waals surface area contributed by atoms with Crippen LogP contribution in [-0.2, 0) is 9.53 Å². The van der Waals surface area contributed by atoms with Crippen LogP contribution in [0, 0.1) is 11.8 Å². The maximum atomic E-state index is 11.6. The van der Waals surface area contributed by atoms with Crippen molar-refractivity contribution in [1.29, 1.82) is 0 Å². The van der Waals surface area contributed by atoms with Gasteiger partial charge in [0.05, 0.1) is 12.2 Å². The summed E-state index contributed by atoms with van der Waals surface area (Å²) in [4.78, 5) is 11.6. The van der Waals surface area contributed by atoms with Crippen LogP contribution in [0.4, 0.5) is 0 Å². The Bertz CT molecular complexity index is 389. The SMILES string of the molecule is C[C@@]12C=CC(=O)C3=CC=C[C@@H](CO1)[C@H]32. The van der Waals surface area contributed by atoms with Crippen molar-refractivity contribution < 1.29 is 9.53 Å². The fraction of sp³-hybridized carbons (Fsp3) is 0.417. The van der Waals surface area contributed by atoms with Crippen LogP contribution in [0.5, 0.6) is 0 Å². The zero-order chi connectivity index (χ0) is 9.76. The predicted molar refractivity (Wildman–Crippen MR) is 52.7 cm³/mol. The molecule has 14 heavy (non-hydrogen) atoms. The number of rotatable bonds is 0. The zero-order valence-electron chi connectivity index (χ0n) is 8.07. The van der Waals surface area contributed by atoms with Gasteiger partial charge in [-0.3, -0.25) is 4.79 Å². The lowest BCUT2D eigenvalue weighted by molar-refractivity contribution is -0.113. The molecule has 2 aliphatic carbocycles. The maximum absolute atomic E-state index is 11.6. The Kier molecular flexibility index (Phi) is 1.43. The molecular weight excluding hydrogens is 176 g/mol. The van der Waals surface area contributed by atoms with Crippen molar-refractivity contribution in [1.82, 2.24) is 0 Å². The Morgan fingerprint density at radius 1 is 1.57 bits per heavy atom. The summed E-state index contributed by atoms with van der Waals surface area (Å²) in [5, 5.41) is 0. The summed E-state index contributed by atoms with van der Waals surface area (Å²) in [6.45, 7) is 2.79. The van der Waals surface area contributed by atoms with Gasteiger partial charge in [0.15, 0.2) is 5.78 Å². The molecule has 0 aromatic carbocycles. The van der Waals surface area contributed by atoms with Gasteiger partial charge in [-0.2, -0.15) is 0 Å². The van der Waals surface area contributed by atoms with Crippen LogP contribution in [0.25, 0.3) is 0 Å². The molecule has 0 saturated carbocycles. The second-order valence-electron chi connectivity index (χ2n) is 4.34. The summed E-state index contributed by atoms with van der Waals surface area (Å²) >= 11 is 0. The van der Waals surface area contributed by atoms with E-state index in [1.54, 1.807) is 6.08 Å². The van der Waals surface area contributed by atoms with Crippen LogP contribution >= 0.6 is 0 Å². The Hall–Kier alpha value is -1.15. The molecule has 72 valence electrons. The number of carbonyl (C=O) groups is 1. The minimum absolute atomic E-state index is 0.146. The Labute approximate surface area is 82.9 Å². The van der Waals surface area contributed by atoms with Gasteiger partial charge in [0.1, 0.15) is 0 Å². The molecule has 0 aromatic heterocycles. The third-order valence-electron chi connectivity index (χ3n) is 3.45. The molecule has 3 atom stereocenters. The van der Waals surface area contributed by atoms with E-state index in [0.29, 0.717) is 5.92 Å². The average molecular weight is 188 g/mol. The number of allylic oxidation sites excluding steroid dienone is 3. The molecule has 1 heterocycles. The molecular formula is C12H12O2. The Balaban J connectivity index is 2.18. The molecule has 0 unspecified atom stereocenters. The van der Waals surface area contributed by atoms with Crippen LogP contribution in [0.1, 0.15) is 6.92 Å². The van der Waals surface area contributed by atoms with Gasteiger partial charge in [-0.15, -0.1) is 0 Å². The molecule has 2 nitrogen and oxygen atoms in total. The number of hydrogen-bond donors (Lipinski definition) is 0. The predicted octanol–water partition coefficient (Wildman–Crippen LogP) is 1.64. The molecule has 0 N–H and O–H groups in total. The second kappa shape index (κ2) is 2.45. The summed E-state index contributed by atoms with van der Waals surface area (Å²) in [5.41, 5.74) is 0.662. The normalized spacial score (nSPS) is 43.8. The first-order valence-electron chi connectivity index (χ1n) is 4.97. The van der Waals surface area contributed by atoms with Gasteiger partial charge < -0.3 is 4.74 Å². The third kappa shape index (κ3) is 0.867. The minimum atomic E-state index is -0.255. The second-order valence-corrected chi connectivity index (χ2v) is 4.34. The highest BCUT2D eigenvalue weighted by Crippen LogP contribution is 2.46. The number of carbonyl (C=O) groups excluding carboxylic acids is 1. The van der Waals surface area contributed by atoms with Crippen LogP contribution in [-0.4, -0.2) is 18.0 Å². The van der Waals surface area contributed by atoms with E-state index in [4.69, 9.17) is 4.74 Å². The summed E-state index contributed by atoms with van der Waals surface area (Å²) in [6.07, 6.45) is 9.61. The number of ketones is 1. The van der Waals surface area contributed by atoms with Crippen LogP contribution < -0.4 is 0 Å². The highest BCUT2D eigenvalue weighted by Gasteiger charge is 2.49. The van der Waals surface area contributed by atoms with Crippen LogP contribution in [0.2, 0.25) is 0 Å². The van der Waals surface area contributed by atoms with E-state index in [9.17, 15) is 4.79 Å². The Morgan fingerprint density at radius 2 is 2.43 bits per heavy atom. The number of hydrogen-bond acceptors (Lipinski definition) is 2. The quantitative estimate of drug-likeness (QED) is 0.577. The minimum Gasteiger partial charge on any atom is -0.370 e. The van der Waals surface area contributed by atoms with Gasteiger partial charge in [0, 0.05) is 17.4 Å². The summed E-state index contributed by atoms with van der Waals surface area (Å²) in [5.74, 6) is 0.770. The molecule has 0 radical (unpaired) electrons. The van der Waals surface area contributed by atoms with E-state index in [1.165, 1.54) is 0 Å². The monoisotopic (exact) mass is 188 g/mol. The van der Waals surface area contributed by atoms with Crippen molar-refractivity contribution in [2.45, 2.75) is 12.5 Å². The highest BCUT2D eigenvalue weighted by molar-refractivity contribution is 6.06. The van der Waals surface area contributed by atoms with Crippen molar-refractivity contribution in [2.24, 2.45) is 11.8 Å². The smallest absolute Gasteiger partial charge is 0.182 e. The van der Waals surface area contributed by atoms with Crippen LogP contribution in [0.15, 0.2) is 36.0 Å². The highest BCUT2D eigenvalue weighted by atomic mass is 16.5. The lowest BCUT2D eigenvalue weighted by Gasteiger charge is -2.34. The van der Waals surface area contributed by atoms with Crippen molar-refractivity contribution in [3.05, 3.63) is 36.0 Å². The van der Waals surface area contributed by atoms with Crippen molar-refractivity contribution in [3.63, 3.8) is 0 Å². The fourth-order valence-electron chi connectivity index (χ4n) is 2.72. The van der Waals surface area contributed by atoms with Gasteiger partial charge in [-0.05, 0) is 19.1 Å². The largest absolute Gasteiger partial charge is 0.370 e. The average Bonchev–Trinajstić information content (AvgIpc) is 2.54. The molecule has 0 bridgehead atoms. The topological polar surface area (TPSA) is 26.3 Å². The van der Waals surface area contributed by atoms with E-state index in [2.05, 4.69) is 13.0 Å². The van der Waals surface area contributed by atoms with E-state index in [1.807, 2.05) is 18.2 Å². The van der Waals surface area contributed by atoms with Gasteiger partial charge >= 0.3 is 0 Å². The van der Waals surface area contributed by atoms with Crippen LogP contribution in [0.3, 0.4) is 0 Å². The molecule has 3 rings (SSSR count). The molecule has 0 aromatic rings. The molecule has 1 aliphatic heterocycles.